The van der Waals surface area contributed by atoms with Crippen molar-refractivity contribution in [1.82, 2.24) is 0 Å². The fraction of sp³-hybridized carbons (Fsp3) is 0.435. The molecular weight excluding hydrogens is 419 g/mol. The first kappa shape index (κ1) is 25.1. The third kappa shape index (κ3) is 9.23. The fourth-order valence-corrected chi connectivity index (χ4v) is 4.13. The molecule has 2 aromatic rings. The van der Waals surface area contributed by atoms with Gasteiger partial charge in [0.15, 0.2) is 11.5 Å². The van der Waals surface area contributed by atoms with Crippen molar-refractivity contribution in [3.05, 3.63) is 59.7 Å². The highest BCUT2D eigenvalue weighted by molar-refractivity contribution is 7.48. The number of carbonyl (C=O) groups excluding carboxylic acids is 1. The van der Waals surface area contributed by atoms with E-state index in [0.717, 1.165) is 11.8 Å². The minimum atomic E-state index is -3.91. The van der Waals surface area contributed by atoms with Crippen LogP contribution in [0.2, 0.25) is 0 Å². The molecule has 0 aliphatic heterocycles. The molecule has 170 valence electrons. The zero-order valence-corrected chi connectivity index (χ0v) is 19.8. The van der Waals surface area contributed by atoms with Crippen LogP contribution in [0.4, 0.5) is 0 Å². The molecule has 2 rings (SSSR count). The van der Waals surface area contributed by atoms with Crippen molar-refractivity contribution in [2.24, 2.45) is 0 Å². The molecule has 0 aromatic heterocycles. The van der Waals surface area contributed by atoms with Crippen LogP contribution >= 0.6 is 7.82 Å². The second-order valence-electron chi connectivity index (χ2n) is 8.84. The molecule has 8 heteroatoms. The van der Waals surface area contributed by atoms with E-state index in [0.29, 0.717) is 23.7 Å². The van der Waals surface area contributed by atoms with Crippen molar-refractivity contribution in [2.45, 2.75) is 59.4 Å². The molecule has 31 heavy (non-hydrogen) atoms. The van der Waals surface area contributed by atoms with Gasteiger partial charge in [0.1, 0.15) is 12.9 Å². The van der Waals surface area contributed by atoms with Gasteiger partial charge in [-0.2, -0.15) is 0 Å². The van der Waals surface area contributed by atoms with Crippen LogP contribution in [0.1, 0.15) is 57.5 Å². The van der Waals surface area contributed by atoms with Crippen LogP contribution in [-0.2, 0) is 24.7 Å². The topological polar surface area (TPSA) is 80.3 Å². The Hall–Kier alpha value is -2.18. The number of rotatable bonds is 10. The SMILES string of the molecule is CC(C)(C)OP(=O)(OCOc1ccc(C=O)cc1OCc1ccccc1)OC(C)(C)C. The summed E-state index contributed by atoms with van der Waals surface area (Å²) in [4.78, 5) is 11.2. The highest BCUT2D eigenvalue weighted by Crippen LogP contribution is 2.55. The van der Waals surface area contributed by atoms with E-state index in [-0.39, 0.29) is 0 Å². The van der Waals surface area contributed by atoms with E-state index in [4.69, 9.17) is 23.0 Å². The molecule has 7 nitrogen and oxygen atoms in total. The van der Waals surface area contributed by atoms with Gasteiger partial charge in [-0.15, -0.1) is 0 Å². The number of aldehydes is 1. The molecule has 0 heterocycles. The van der Waals surface area contributed by atoms with Gasteiger partial charge in [0, 0.05) is 5.56 Å². The molecule has 0 spiro atoms. The third-order valence-corrected chi connectivity index (χ3v) is 5.50. The monoisotopic (exact) mass is 450 g/mol. The van der Waals surface area contributed by atoms with Gasteiger partial charge in [-0.05, 0) is 65.3 Å². The lowest BCUT2D eigenvalue weighted by molar-refractivity contribution is -0.0194. The normalized spacial score (nSPS) is 12.5. The summed E-state index contributed by atoms with van der Waals surface area (Å²) in [7, 11) is -3.91. The van der Waals surface area contributed by atoms with Gasteiger partial charge < -0.3 is 9.47 Å². The van der Waals surface area contributed by atoms with Crippen LogP contribution < -0.4 is 9.47 Å². The zero-order chi connectivity index (χ0) is 23.1. The van der Waals surface area contributed by atoms with E-state index in [2.05, 4.69) is 0 Å². The maximum absolute atomic E-state index is 13.1. The van der Waals surface area contributed by atoms with E-state index in [1.54, 1.807) is 59.7 Å². The summed E-state index contributed by atoms with van der Waals surface area (Å²) < 4.78 is 41.2. The maximum atomic E-state index is 13.1. The van der Waals surface area contributed by atoms with Crippen LogP contribution in [-0.4, -0.2) is 24.3 Å². The summed E-state index contributed by atoms with van der Waals surface area (Å²) in [5, 5.41) is 0. The first-order valence-corrected chi connectivity index (χ1v) is 11.4. The summed E-state index contributed by atoms with van der Waals surface area (Å²) in [5.41, 5.74) is -0.107. The van der Waals surface area contributed by atoms with Crippen molar-refractivity contribution in [1.29, 1.82) is 0 Å². The molecule has 0 saturated carbocycles. The van der Waals surface area contributed by atoms with E-state index in [1.807, 2.05) is 30.3 Å². The number of ether oxygens (including phenoxy) is 2. The van der Waals surface area contributed by atoms with Gasteiger partial charge in [-0.1, -0.05) is 30.3 Å². The third-order valence-electron chi connectivity index (χ3n) is 3.54. The smallest absolute Gasteiger partial charge is 0.478 e. The van der Waals surface area contributed by atoms with Gasteiger partial charge in [0.05, 0.1) is 11.2 Å². The highest BCUT2D eigenvalue weighted by atomic mass is 31.2. The van der Waals surface area contributed by atoms with Crippen molar-refractivity contribution in [3.8, 4) is 11.5 Å². The Morgan fingerprint density at radius 1 is 0.839 bits per heavy atom. The molecule has 0 radical (unpaired) electrons. The number of hydrogen-bond donors (Lipinski definition) is 0. The molecule has 0 unspecified atom stereocenters. The van der Waals surface area contributed by atoms with Crippen molar-refractivity contribution in [3.63, 3.8) is 0 Å². The number of carbonyl (C=O) groups is 1. The minimum absolute atomic E-state index is 0.291. The first-order chi connectivity index (χ1) is 14.4. The van der Waals surface area contributed by atoms with Crippen LogP contribution in [0.25, 0.3) is 0 Å². The molecule has 0 amide bonds. The first-order valence-electron chi connectivity index (χ1n) is 9.94. The lowest BCUT2D eigenvalue weighted by atomic mass is 10.2. The van der Waals surface area contributed by atoms with Gasteiger partial charge in [-0.25, -0.2) is 9.09 Å². The standard InChI is InChI=1S/C23H31O7P/c1-22(2,3)29-31(25,30-23(4,5)6)28-17-27-20-13-12-19(15-24)14-21(20)26-16-18-10-8-7-9-11-18/h7-15H,16-17H2,1-6H3. The van der Waals surface area contributed by atoms with Crippen molar-refractivity contribution >= 4 is 14.1 Å². The Morgan fingerprint density at radius 2 is 1.45 bits per heavy atom. The number of hydrogen-bond acceptors (Lipinski definition) is 7. The quantitative estimate of drug-likeness (QED) is 0.243. The zero-order valence-electron chi connectivity index (χ0n) is 18.9. The molecular formula is C23H31O7P. The largest absolute Gasteiger partial charge is 0.485 e. The summed E-state index contributed by atoms with van der Waals surface area (Å²) in [6, 6.07) is 14.3. The average Bonchev–Trinajstić information content (AvgIpc) is 2.64. The Kier molecular flexibility index (Phi) is 8.43. The number of benzene rings is 2. The van der Waals surface area contributed by atoms with Crippen LogP contribution in [0.15, 0.2) is 48.5 Å². The molecule has 0 fully saturated rings. The summed E-state index contributed by atoms with van der Waals surface area (Å²) in [6.07, 6.45) is 0.720. The minimum Gasteiger partial charge on any atom is -0.485 e. The van der Waals surface area contributed by atoms with Gasteiger partial charge in [0.2, 0.25) is 6.79 Å². The molecule has 0 saturated heterocycles. The Balaban J connectivity index is 2.11. The van der Waals surface area contributed by atoms with Crippen molar-refractivity contribution in [2.75, 3.05) is 6.79 Å². The summed E-state index contributed by atoms with van der Waals surface area (Å²) >= 11 is 0. The van der Waals surface area contributed by atoms with Gasteiger partial charge >= 0.3 is 7.82 Å². The molecule has 0 N–H and O–H groups in total. The lowest BCUT2D eigenvalue weighted by Gasteiger charge is -2.30. The Morgan fingerprint density at radius 3 is 2.00 bits per heavy atom. The predicted octanol–water partition coefficient (Wildman–Crippen LogP) is 6.17. The van der Waals surface area contributed by atoms with E-state index < -0.39 is 25.8 Å². The van der Waals surface area contributed by atoms with E-state index in [9.17, 15) is 9.36 Å². The van der Waals surface area contributed by atoms with Crippen molar-refractivity contribution < 1.29 is 32.4 Å². The lowest BCUT2D eigenvalue weighted by Crippen LogP contribution is -2.25. The fourth-order valence-electron chi connectivity index (χ4n) is 2.46. The average molecular weight is 450 g/mol. The van der Waals surface area contributed by atoms with Gasteiger partial charge in [-0.3, -0.25) is 13.8 Å². The predicted molar refractivity (Wildman–Crippen MR) is 118 cm³/mol. The molecule has 0 bridgehead atoms. The van der Waals surface area contributed by atoms with E-state index in [1.165, 1.54) is 0 Å². The number of phosphoric acid groups is 1. The molecule has 2 aromatic carbocycles. The Bertz CT molecular complexity index is 878. The van der Waals surface area contributed by atoms with Gasteiger partial charge in [0.25, 0.3) is 0 Å². The van der Waals surface area contributed by atoms with Crippen LogP contribution in [0.3, 0.4) is 0 Å². The highest BCUT2D eigenvalue weighted by Gasteiger charge is 2.37. The second kappa shape index (κ2) is 10.4. The number of phosphoric ester groups is 1. The van der Waals surface area contributed by atoms with Crippen LogP contribution in [0.5, 0.6) is 11.5 Å². The molecule has 0 aliphatic carbocycles. The Labute approximate surface area is 184 Å². The summed E-state index contributed by atoms with van der Waals surface area (Å²) in [5.74, 6) is 0.694. The maximum Gasteiger partial charge on any atom is 0.478 e. The summed E-state index contributed by atoms with van der Waals surface area (Å²) in [6.45, 7) is 10.4. The molecule has 0 aliphatic rings. The van der Waals surface area contributed by atoms with E-state index >= 15 is 0 Å². The molecule has 0 atom stereocenters. The second-order valence-corrected chi connectivity index (χ2v) is 10.4. The van der Waals surface area contributed by atoms with Crippen LogP contribution in [0, 0.1) is 0 Å².